The molecule has 0 unspecified atom stereocenters. The Morgan fingerprint density at radius 3 is 2.65 bits per heavy atom. The van der Waals surface area contributed by atoms with Crippen LogP contribution in [-0.2, 0) is 17.9 Å². The van der Waals surface area contributed by atoms with Crippen molar-refractivity contribution >= 4 is 33.7 Å². The maximum absolute atomic E-state index is 13.3. The van der Waals surface area contributed by atoms with E-state index in [1.165, 1.54) is 17.2 Å². The van der Waals surface area contributed by atoms with Crippen LogP contribution in [-0.4, -0.2) is 35.2 Å². The normalized spacial score (nSPS) is 11.1. The number of nitrogens with zero attached hydrogens (tertiary/aromatic N) is 5. The summed E-state index contributed by atoms with van der Waals surface area (Å²) in [5, 5.41) is 7.67. The van der Waals surface area contributed by atoms with Gasteiger partial charge in [-0.2, -0.15) is 5.10 Å². The van der Waals surface area contributed by atoms with Crippen LogP contribution < -0.4 is 15.6 Å². The van der Waals surface area contributed by atoms with Gasteiger partial charge in [-0.25, -0.2) is 14.6 Å². The van der Waals surface area contributed by atoms with Crippen LogP contribution in [0.5, 0.6) is 5.75 Å². The fourth-order valence-electron chi connectivity index (χ4n) is 4.21. The molecule has 0 radical (unpaired) electrons. The largest absolute Gasteiger partial charge is 0.486 e. The van der Waals surface area contributed by atoms with E-state index >= 15 is 0 Å². The van der Waals surface area contributed by atoms with Crippen LogP contribution in [0.1, 0.15) is 5.82 Å². The third kappa shape index (κ3) is 4.31. The minimum absolute atomic E-state index is 0.0279. The summed E-state index contributed by atoms with van der Waals surface area (Å²) in [5.74, 6) is 1.10. The Balaban J connectivity index is 1.29. The Morgan fingerprint density at radius 1 is 0.973 bits per heavy atom. The fraction of sp³-hybridized carbons (Fsp3) is 0.0741. The smallest absolute Gasteiger partial charge is 0.261 e. The van der Waals surface area contributed by atoms with Crippen molar-refractivity contribution < 1.29 is 9.53 Å². The predicted octanol–water partition coefficient (Wildman–Crippen LogP) is 3.68. The van der Waals surface area contributed by atoms with Gasteiger partial charge < -0.3 is 19.6 Å². The number of H-pyrrole nitrogens is 1. The maximum Gasteiger partial charge on any atom is 0.261 e. The molecule has 3 heterocycles. The highest BCUT2D eigenvalue weighted by Gasteiger charge is 2.17. The predicted molar refractivity (Wildman–Crippen MR) is 139 cm³/mol. The molecule has 0 spiro atoms. The lowest BCUT2D eigenvalue weighted by Gasteiger charge is -2.13. The molecule has 0 saturated heterocycles. The highest BCUT2D eigenvalue weighted by molar-refractivity contribution is 5.94. The Kier molecular flexibility index (Phi) is 5.66. The number of aromatic nitrogens is 6. The number of para-hydroxylation sites is 5. The molecule has 3 aromatic carbocycles. The number of aromatic amines is 1. The number of carbonyl (C=O) groups is 1. The SMILES string of the molecule is O=C(Cn1c(COc2ccccc2)nc2ccccc21)Nc1ccccc1-n1ncc2c(=O)[nH]cnc21. The molecular formula is C27H21N7O3. The summed E-state index contributed by atoms with van der Waals surface area (Å²) in [6.07, 6.45) is 2.78. The topological polar surface area (TPSA) is 120 Å². The third-order valence-corrected chi connectivity index (χ3v) is 5.92. The van der Waals surface area contributed by atoms with Gasteiger partial charge in [-0.05, 0) is 36.4 Å². The molecule has 37 heavy (non-hydrogen) atoms. The number of amides is 1. The number of anilines is 1. The lowest BCUT2D eigenvalue weighted by atomic mass is 10.2. The van der Waals surface area contributed by atoms with Crippen molar-refractivity contribution in [3.63, 3.8) is 0 Å². The first-order valence-corrected chi connectivity index (χ1v) is 11.6. The van der Waals surface area contributed by atoms with Gasteiger partial charge in [0.15, 0.2) is 5.65 Å². The molecule has 0 aliphatic heterocycles. The van der Waals surface area contributed by atoms with Crippen molar-refractivity contribution in [1.29, 1.82) is 0 Å². The van der Waals surface area contributed by atoms with Gasteiger partial charge in [-0.3, -0.25) is 9.59 Å². The zero-order chi connectivity index (χ0) is 25.2. The zero-order valence-corrected chi connectivity index (χ0v) is 19.5. The van der Waals surface area contributed by atoms with Crippen LogP contribution in [0.3, 0.4) is 0 Å². The molecule has 0 fully saturated rings. The molecule has 3 aromatic heterocycles. The van der Waals surface area contributed by atoms with Crippen molar-refractivity contribution in [2.24, 2.45) is 0 Å². The molecule has 0 aliphatic carbocycles. The van der Waals surface area contributed by atoms with E-state index < -0.39 is 0 Å². The first kappa shape index (κ1) is 22.2. The van der Waals surface area contributed by atoms with E-state index in [4.69, 9.17) is 9.72 Å². The van der Waals surface area contributed by atoms with E-state index in [2.05, 4.69) is 20.4 Å². The molecule has 10 heteroatoms. The number of ether oxygens (including phenoxy) is 1. The first-order valence-electron chi connectivity index (χ1n) is 11.6. The van der Waals surface area contributed by atoms with E-state index in [1.54, 1.807) is 12.1 Å². The number of nitrogens with one attached hydrogen (secondary N) is 2. The number of hydrogen-bond donors (Lipinski definition) is 2. The first-order chi connectivity index (χ1) is 18.2. The third-order valence-electron chi connectivity index (χ3n) is 5.92. The van der Waals surface area contributed by atoms with Crippen LogP contribution in [0.15, 0.2) is 96.2 Å². The molecule has 0 atom stereocenters. The molecule has 6 aromatic rings. The minimum Gasteiger partial charge on any atom is -0.486 e. The number of rotatable bonds is 7. The second-order valence-corrected chi connectivity index (χ2v) is 8.30. The summed E-state index contributed by atoms with van der Waals surface area (Å²) in [4.78, 5) is 36.9. The Bertz CT molecular complexity index is 1790. The van der Waals surface area contributed by atoms with Crippen LogP contribution in [0.2, 0.25) is 0 Å². The molecule has 2 N–H and O–H groups in total. The van der Waals surface area contributed by atoms with Gasteiger partial charge in [0.25, 0.3) is 5.56 Å². The van der Waals surface area contributed by atoms with Gasteiger partial charge in [0.05, 0.1) is 34.9 Å². The summed E-state index contributed by atoms with van der Waals surface area (Å²) in [6, 6.07) is 24.3. The molecule has 1 amide bonds. The van der Waals surface area contributed by atoms with Crippen molar-refractivity contribution in [2.45, 2.75) is 13.2 Å². The number of carbonyl (C=O) groups excluding carboxylic acids is 1. The van der Waals surface area contributed by atoms with Crippen molar-refractivity contribution in [1.82, 2.24) is 29.3 Å². The lowest BCUT2D eigenvalue weighted by molar-refractivity contribution is -0.116. The second kappa shape index (κ2) is 9.42. The fourth-order valence-corrected chi connectivity index (χ4v) is 4.21. The van der Waals surface area contributed by atoms with E-state index in [9.17, 15) is 9.59 Å². The monoisotopic (exact) mass is 491 g/mol. The summed E-state index contributed by atoms with van der Waals surface area (Å²) < 4.78 is 9.30. The average molecular weight is 492 g/mol. The molecule has 182 valence electrons. The Morgan fingerprint density at radius 2 is 1.76 bits per heavy atom. The Labute approximate surface area is 210 Å². The summed E-state index contributed by atoms with van der Waals surface area (Å²) >= 11 is 0. The number of hydrogen-bond acceptors (Lipinski definition) is 6. The second-order valence-electron chi connectivity index (χ2n) is 8.30. The van der Waals surface area contributed by atoms with Gasteiger partial charge in [0, 0.05) is 0 Å². The van der Waals surface area contributed by atoms with Gasteiger partial charge in [-0.15, -0.1) is 0 Å². The van der Waals surface area contributed by atoms with Crippen molar-refractivity contribution in [3.05, 3.63) is 108 Å². The van der Waals surface area contributed by atoms with Gasteiger partial charge >= 0.3 is 0 Å². The highest BCUT2D eigenvalue weighted by Crippen LogP contribution is 2.23. The Hall–Kier alpha value is -5.25. The average Bonchev–Trinajstić information content (AvgIpc) is 3.51. The zero-order valence-electron chi connectivity index (χ0n) is 19.5. The minimum atomic E-state index is -0.282. The maximum atomic E-state index is 13.3. The van der Waals surface area contributed by atoms with Crippen molar-refractivity contribution in [2.75, 3.05) is 5.32 Å². The number of imidazole rings is 1. The summed E-state index contributed by atoms with van der Waals surface area (Å²) in [6.45, 7) is 0.238. The highest BCUT2D eigenvalue weighted by atomic mass is 16.5. The number of benzene rings is 3. The molecule has 0 bridgehead atoms. The summed E-state index contributed by atoms with van der Waals surface area (Å²) in [7, 11) is 0. The lowest BCUT2D eigenvalue weighted by Crippen LogP contribution is -2.21. The van der Waals surface area contributed by atoms with Crippen LogP contribution in [0, 0.1) is 0 Å². The van der Waals surface area contributed by atoms with Crippen LogP contribution >= 0.6 is 0 Å². The molecule has 10 nitrogen and oxygen atoms in total. The van der Waals surface area contributed by atoms with Gasteiger partial charge in [0.1, 0.15) is 30.1 Å². The summed E-state index contributed by atoms with van der Waals surface area (Å²) in [5.41, 5.74) is 2.85. The molecule has 6 rings (SSSR count). The standard InChI is InChI=1S/C27H21N7O3/c35-25(32-21-11-5-7-13-23(21)34-26-19(14-30-34)27(36)29-17-28-26)15-33-22-12-6-4-10-20(22)31-24(33)16-37-18-8-2-1-3-9-18/h1-14,17H,15-16H2,(H,32,35)(H,28,29,36). The quantitative estimate of drug-likeness (QED) is 0.352. The van der Waals surface area contributed by atoms with Crippen LogP contribution in [0.4, 0.5) is 5.69 Å². The molecule has 0 saturated carbocycles. The molecule has 0 aliphatic rings. The van der Waals surface area contributed by atoms with E-state index in [0.717, 1.165) is 16.8 Å². The molecular weight excluding hydrogens is 470 g/mol. The van der Waals surface area contributed by atoms with Gasteiger partial charge in [0.2, 0.25) is 5.91 Å². The van der Waals surface area contributed by atoms with E-state index in [-0.39, 0.29) is 24.6 Å². The van der Waals surface area contributed by atoms with Crippen LogP contribution in [0.25, 0.3) is 27.8 Å². The van der Waals surface area contributed by atoms with Crippen molar-refractivity contribution in [3.8, 4) is 11.4 Å². The number of fused-ring (bicyclic) bond motifs is 2. The van der Waals surface area contributed by atoms with E-state index in [1.807, 2.05) is 71.3 Å². The van der Waals surface area contributed by atoms with E-state index in [0.29, 0.717) is 28.2 Å². The van der Waals surface area contributed by atoms with Gasteiger partial charge in [-0.1, -0.05) is 42.5 Å².